The summed E-state index contributed by atoms with van der Waals surface area (Å²) in [6.07, 6.45) is 6.94. The molecule has 0 N–H and O–H groups in total. The van der Waals surface area contributed by atoms with Gasteiger partial charge in [0, 0.05) is 22.3 Å². The van der Waals surface area contributed by atoms with Crippen LogP contribution in [0.15, 0.2) is 137 Å². The predicted molar refractivity (Wildman–Crippen MR) is 422 cm³/mol. The quantitative estimate of drug-likeness (QED) is 0.0695. The third-order valence-corrected chi connectivity index (χ3v) is 15.6. The van der Waals surface area contributed by atoms with E-state index in [0.717, 1.165) is 45.6 Å². The molecule has 0 atom stereocenters. The number of hydrogen-bond acceptors (Lipinski definition) is 2. The summed E-state index contributed by atoms with van der Waals surface area (Å²) in [5, 5.41) is 27.5. The van der Waals surface area contributed by atoms with Crippen LogP contribution in [-0.2, 0) is 34.1 Å². The average Bonchev–Trinajstić information content (AvgIpc) is 0.810. The van der Waals surface area contributed by atoms with E-state index in [4.69, 9.17) is 31.4 Å². The number of aryl methyl sites for hydroxylation is 1. The minimum atomic E-state index is -0.136. The van der Waals surface area contributed by atoms with Crippen LogP contribution in [-0.4, -0.2) is 23.9 Å². The first-order chi connectivity index (χ1) is 42.4. The second kappa shape index (κ2) is 40.1. The predicted octanol–water partition coefficient (Wildman–Crippen LogP) is 29.2. The smallest absolute Gasteiger partial charge is 0.814 e. The third-order valence-electron chi connectivity index (χ3n) is 15.6. The summed E-state index contributed by atoms with van der Waals surface area (Å²) in [4.78, 5) is 10.9. The van der Waals surface area contributed by atoms with Gasteiger partial charge in [0.25, 0.3) is 0 Å². The maximum Gasteiger partial charge on any atom is 2.00 e. The molecule has 8 heteroatoms. The van der Waals surface area contributed by atoms with Gasteiger partial charge >= 0.3 is 34.1 Å². The SMILES string of the molecule is CC(C)(C)C=[N-].CC(C)(C)C=[N-].CC(C)c1cccc(C(C)C)c1N=C(/C=C(\[N-]c1c(C(C)C)cccc1C(C)C)C(C)(C)C)C(C)(C)C.CC(C)c1cccc(C(C)C)c1N=C(/C=C(\[N-]c1c(C(C)C)cccc1C(C)C)C(C)(C)C)C(C)(C)C.Cc1ccccc1.[Fe+2].[Fe+2]. The second-order valence-electron chi connectivity index (χ2n) is 34.3. The minimum absolute atomic E-state index is 0. The Kier molecular flexibility index (Phi) is 38.8. The first kappa shape index (κ1) is 92.0. The fourth-order valence-electron chi connectivity index (χ4n) is 9.50. The molecule has 0 aliphatic rings. The van der Waals surface area contributed by atoms with Gasteiger partial charge in [-0.25, -0.2) is 12.4 Å². The molecular weight excluding hydrogens is 1240 g/mol. The van der Waals surface area contributed by atoms with E-state index >= 15 is 0 Å². The summed E-state index contributed by atoms with van der Waals surface area (Å²) in [6.45, 7) is 77.0. The zero-order valence-corrected chi connectivity index (χ0v) is 68.8. The molecular formula is C87H134Fe2N6. The van der Waals surface area contributed by atoms with Crippen molar-refractivity contribution in [2.45, 2.75) is 290 Å². The molecule has 6 nitrogen and oxygen atoms in total. The summed E-state index contributed by atoms with van der Waals surface area (Å²) in [6, 6.07) is 36.9. The molecule has 0 saturated carbocycles. The van der Waals surface area contributed by atoms with Crippen molar-refractivity contribution in [3.8, 4) is 0 Å². The Balaban J connectivity index is 0. The maximum absolute atomic E-state index is 8.28. The van der Waals surface area contributed by atoms with Crippen molar-refractivity contribution in [1.29, 1.82) is 0 Å². The third kappa shape index (κ3) is 32.0. The number of para-hydroxylation sites is 4. The second-order valence-corrected chi connectivity index (χ2v) is 34.3. The van der Waals surface area contributed by atoms with Crippen LogP contribution in [0, 0.1) is 39.4 Å². The van der Waals surface area contributed by atoms with Crippen molar-refractivity contribution in [2.24, 2.45) is 42.5 Å². The van der Waals surface area contributed by atoms with Crippen LogP contribution >= 0.6 is 0 Å². The molecule has 95 heavy (non-hydrogen) atoms. The van der Waals surface area contributed by atoms with E-state index in [9.17, 15) is 0 Å². The minimum Gasteiger partial charge on any atom is -0.814 e. The Hall–Kier alpha value is -5.10. The fourth-order valence-corrected chi connectivity index (χ4v) is 9.50. The van der Waals surface area contributed by atoms with E-state index in [0.29, 0.717) is 47.3 Å². The normalized spacial score (nSPS) is 12.9. The molecule has 0 aliphatic carbocycles. The Morgan fingerprint density at radius 1 is 0.316 bits per heavy atom. The van der Waals surface area contributed by atoms with E-state index < -0.39 is 0 Å². The molecule has 0 unspecified atom stereocenters. The van der Waals surface area contributed by atoms with E-state index in [1.54, 1.807) is 0 Å². The molecule has 5 aromatic carbocycles. The van der Waals surface area contributed by atoms with Gasteiger partial charge in [-0.05, 0) is 98.2 Å². The fraction of sp³-hybridized carbons (Fsp3) is 0.563. The van der Waals surface area contributed by atoms with Gasteiger partial charge in [-0.2, -0.15) is 11.4 Å². The van der Waals surface area contributed by atoms with Crippen LogP contribution in [0.4, 0.5) is 22.7 Å². The van der Waals surface area contributed by atoms with Crippen molar-refractivity contribution in [3.05, 3.63) is 198 Å². The molecule has 0 fully saturated rings. The molecule has 0 aromatic heterocycles. The molecule has 0 amide bonds. The Labute approximate surface area is 607 Å². The Morgan fingerprint density at radius 2 is 0.516 bits per heavy atom. The monoisotopic (exact) mass is 1370 g/mol. The number of rotatable bonds is 16. The summed E-state index contributed by atoms with van der Waals surface area (Å²) >= 11 is 0. The van der Waals surface area contributed by atoms with Crippen LogP contribution in [0.25, 0.3) is 21.5 Å². The van der Waals surface area contributed by atoms with Crippen LogP contribution in [0.3, 0.4) is 0 Å². The molecule has 0 heterocycles. The summed E-state index contributed by atoms with van der Waals surface area (Å²) in [5.74, 6) is 3.23. The van der Waals surface area contributed by atoms with Crippen LogP contribution < -0.4 is 0 Å². The Morgan fingerprint density at radius 3 is 0.663 bits per heavy atom. The molecule has 0 aliphatic heterocycles. The zero-order valence-electron chi connectivity index (χ0n) is 66.6. The Bertz CT molecular complexity index is 2920. The van der Waals surface area contributed by atoms with Gasteiger partial charge in [0.2, 0.25) is 0 Å². The van der Waals surface area contributed by atoms with Gasteiger partial charge in [-0.15, -0.1) is 11.4 Å². The average molecular weight is 1380 g/mol. The van der Waals surface area contributed by atoms with Crippen LogP contribution in [0.5, 0.6) is 0 Å². The van der Waals surface area contributed by atoms with Crippen molar-refractivity contribution >= 4 is 46.6 Å². The van der Waals surface area contributed by atoms with E-state index in [-0.39, 0.29) is 66.6 Å². The van der Waals surface area contributed by atoms with E-state index in [1.807, 2.05) is 59.7 Å². The van der Waals surface area contributed by atoms with Crippen LogP contribution in [0.2, 0.25) is 0 Å². The first-order valence-corrected chi connectivity index (χ1v) is 35.0. The van der Waals surface area contributed by atoms with Gasteiger partial charge in [-0.1, -0.05) is 379 Å². The standard InChI is InChI=1S/2C35H53N2.C7H8.2C5H10N.2Fe/c2*1-22(2)26-17-15-18-27(23(3)4)32(26)36-30(34(9,10)11)21-31(35(12,13)14)37-33-28(24(5)6)19-16-20-29(33)25(7)8;1-7-5-3-2-4-6-7;2*1-5(2,3)4-6;;/h2*15-25H,1-14H3;2-6H,1H3;2*4H,1-3H3;;/q2*-1;;2*-1;2*+2/b2*30-21-,37-31?;;;;;. The van der Waals surface area contributed by atoms with Crippen molar-refractivity contribution in [1.82, 2.24) is 0 Å². The molecule has 0 saturated heterocycles. The van der Waals surface area contributed by atoms with Crippen molar-refractivity contribution < 1.29 is 34.1 Å². The number of nitrogens with zero attached hydrogens (tertiary/aromatic N) is 6. The molecule has 0 spiro atoms. The van der Waals surface area contributed by atoms with Crippen molar-refractivity contribution in [3.63, 3.8) is 0 Å². The molecule has 0 bridgehead atoms. The van der Waals surface area contributed by atoms with Gasteiger partial charge < -0.3 is 21.5 Å². The topological polar surface area (TPSA) is 97.5 Å². The largest absolute Gasteiger partial charge is 2.00 e. The van der Waals surface area contributed by atoms with Gasteiger partial charge in [0.05, 0.1) is 11.4 Å². The summed E-state index contributed by atoms with van der Waals surface area (Å²) in [7, 11) is 0. The number of benzene rings is 5. The molecule has 5 rings (SSSR count). The summed E-state index contributed by atoms with van der Waals surface area (Å²) < 4.78 is 0. The van der Waals surface area contributed by atoms with Crippen molar-refractivity contribution in [2.75, 3.05) is 0 Å². The van der Waals surface area contributed by atoms with Gasteiger partial charge in [0.1, 0.15) is 0 Å². The number of allylic oxidation sites excluding steroid dienone is 4. The van der Waals surface area contributed by atoms with Gasteiger partial charge in [0.15, 0.2) is 0 Å². The van der Waals surface area contributed by atoms with E-state index in [1.165, 1.54) is 62.5 Å². The van der Waals surface area contributed by atoms with E-state index in [2.05, 4.69) is 298 Å². The molecule has 0 radical (unpaired) electrons. The number of aliphatic imine (C=N–C) groups is 2. The summed E-state index contributed by atoms with van der Waals surface area (Å²) in [5.41, 5.74) is 20.0. The maximum atomic E-state index is 8.28. The first-order valence-electron chi connectivity index (χ1n) is 35.0. The molecule has 528 valence electrons. The van der Waals surface area contributed by atoms with Crippen LogP contribution in [0.1, 0.15) is 333 Å². The molecule has 5 aromatic rings. The number of hydrogen-bond donors (Lipinski definition) is 0. The van der Waals surface area contributed by atoms with Gasteiger partial charge in [-0.3, -0.25) is 9.98 Å². The zero-order chi connectivity index (χ0) is 72.1.